The summed E-state index contributed by atoms with van der Waals surface area (Å²) in [6.45, 7) is 1.39. The molecule has 0 aliphatic carbocycles. The van der Waals surface area contributed by atoms with Crippen molar-refractivity contribution < 1.29 is 19.1 Å². The average molecular weight is 458 g/mol. The molecule has 1 aliphatic heterocycles. The fourth-order valence-electron chi connectivity index (χ4n) is 3.73. The number of amides is 3. The molecule has 0 saturated carbocycles. The second-order valence-corrected chi connectivity index (χ2v) is 8.58. The molecule has 0 bridgehead atoms. The molecule has 2 rings (SSSR count). The maximum Gasteiger partial charge on any atom is 0.407 e. The van der Waals surface area contributed by atoms with Crippen molar-refractivity contribution in [1.29, 1.82) is 0 Å². The molecule has 182 valence electrons. The van der Waals surface area contributed by atoms with E-state index < -0.39 is 12.1 Å². The molecule has 1 aromatic carbocycles. The Bertz CT molecular complexity index is 751. The number of alkyl carbamates (subject to hydrolysis) is 1. The number of carbonyl (C=O) groups excluding carboxylic acids is 3. The minimum Gasteiger partial charge on any atom is -0.445 e. The standard InChI is InChI=1S/C26H39N3O4/c1-29-20-14-7-5-3-2-4-6-11-18-24(30)28-23(25(29)31)17-12-13-19-27-26(32)33-21-22-15-9-8-10-16-22/h2-3,8-10,15-16,23H,4-7,11-14,17-21H2,1H3,(H,27,32)(H,28,30)/b3-2+/t23-/m0/s1. The summed E-state index contributed by atoms with van der Waals surface area (Å²) >= 11 is 0. The van der Waals surface area contributed by atoms with Crippen molar-refractivity contribution in [1.82, 2.24) is 15.5 Å². The number of rotatable bonds is 7. The molecule has 1 aromatic rings. The monoisotopic (exact) mass is 457 g/mol. The molecule has 7 nitrogen and oxygen atoms in total. The molecule has 3 amide bonds. The SMILES string of the molecule is CN1CCCC/C=C/CCCCC(=O)N[C@@H](CCCCNC(=O)OCc2ccccc2)C1=O. The van der Waals surface area contributed by atoms with E-state index in [0.717, 1.165) is 44.1 Å². The molecule has 0 radical (unpaired) electrons. The maximum absolute atomic E-state index is 12.9. The van der Waals surface area contributed by atoms with Crippen LogP contribution in [0.2, 0.25) is 0 Å². The van der Waals surface area contributed by atoms with Crippen LogP contribution in [0, 0.1) is 0 Å². The highest BCUT2D eigenvalue weighted by atomic mass is 16.5. The Labute approximate surface area is 197 Å². The third kappa shape index (κ3) is 11.6. The van der Waals surface area contributed by atoms with Gasteiger partial charge in [0.05, 0.1) is 0 Å². The van der Waals surface area contributed by atoms with Crippen LogP contribution in [0.4, 0.5) is 4.79 Å². The van der Waals surface area contributed by atoms with Gasteiger partial charge in [-0.1, -0.05) is 42.5 Å². The number of hydrogen-bond acceptors (Lipinski definition) is 4. The van der Waals surface area contributed by atoms with Crippen LogP contribution >= 0.6 is 0 Å². The molecular formula is C26H39N3O4. The van der Waals surface area contributed by atoms with E-state index in [9.17, 15) is 14.4 Å². The summed E-state index contributed by atoms with van der Waals surface area (Å²) in [7, 11) is 1.81. The lowest BCUT2D eigenvalue weighted by atomic mass is 10.1. The number of carbonyl (C=O) groups is 3. The third-order valence-corrected chi connectivity index (χ3v) is 5.72. The van der Waals surface area contributed by atoms with Gasteiger partial charge in [0.1, 0.15) is 12.6 Å². The van der Waals surface area contributed by atoms with E-state index in [0.29, 0.717) is 38.8 Å². The van der Waals surface area contributed by atoms with Crippen LogP contribution < -0.4 is 10.6 Å². The molecule has 0 fully saturated rings. The number of benzene rings is 1. The summed E-state index contributed by atoms with van der Waals surface area (Å²) in [5, 5.41) is 5.69. The summed E-state index contributed by atoms with van der Waals surface area (Å²) in [4.78, 5) is 38.9. The normalized spacial score (nSPS) is 19.7. The van der Waals surface area contributed by atoms with Gasteiger partial charge in [-0.3, -0.25) is 9.59 Å². The Morgan fingerprint density at radius 3 is 2.55 bits per heavy atom. The average Bonchev–Trinajstić information content (AvgIpc) is 2.82. The first kappa shape index (κ1) is 26.4. The zero-order chi connectivity index (χ0) is 23.7. The Morgan fingerprint density at radius 1 is 1.06 bits per heavy atom. The number of nitrogens with zero attached hydrogens (tertiary/aromatic N) is 1. The van der Waals surface area contributed by atoms with E-state index in [4.69, 9.17) is 4.74 Å². The van der Waals surface area contributed by atoms with E-state index in [-0.39, 0.29) is 18.4 Å². The van der Waals surface area contributed by atoms with Gasteiger partial charge in [-0.2, -0.15) is 0 Å². The number of nitrogens with one attached hydrogen (secondary N) is 2. The lowest BCUT2D eigenvalue weighted by molar-refractivity contribution is -0.135. The van der Waals surface area contributed by atoms with Crippen LogP contribution in [-0.2, 0) is 20.9 Å². The lowest BCUT2D eigenvalue weighted by Crippen LogP contribution is -2.47. The van der Waals surface area contributed by atoms with Crippen LogP contribution in [-0.4, -0.2) is 49.0 Å². The first-order valence-corrected chi connectivity index (χ1v) is 12.2. The van der Waals surface area contributed by atoms with Crippen molar-refractivity contribution in [3.63, 3.8) is 0 Å². The van der Waals surface area contributed by atoms with Crippen molar-refractivity contribution in [3.05, 3.63) is 48.0 Å². The van der Waals surface area contributed by atoms with Gasteiger partial charge in [-0.15, -0.1) is 0 Å². The second-order valence-electron chi connectivity index (χ2n) is 8.58. The van der Waals surface area contributed by atoms with Gasteiger partial charge in [0.25, 0.3) is 0 Å². The smallest absolute Gasteiger partial charge is 0.407 e. The fourth-order valence-corrected chi connectivity index (χ4v) is 3.73. The van der Waals surface area contributed by atoms with Gasteiger partial charge in [0.2, 0.25) is 11.8 Å². The van der Waals surface area contributed by atoms with Crippen molar-refractivity contribution in [3.8, 4) is 0 Å². The van der Waals surface area contributed by atoms with Crippen molar-refractivity contribution >= 4 is 17.9 Å². The topological polar surface area (TPSA) is 87.7 Å². The summed E-state index contributed by atoms with van der Waals surface area (Å²) in [6, 6.07) is 9.00. The summed E-state index contributed by atoms with van der Waals surface area (Å²) in [5.41, 5.74) is 0.937. The maximum atomic E-state index is 12.9. The first-order valence-electron chi connectivity index (χ1n) is 12.2. The number of likely N-dealkylation sites (N-methyl/N-ethyl adjacent to an activating group) is 1. The van der Waals surface area contributed by atoms with Gasteiger partial charge in [-0.25, -0.2) is 4.79 Å². The van der Waals surface area contributed by atoms with Crippen LogP contribution in [0.25, 0.3) is 0 Å². The Morgan fingerprint density at radius 2 is 1.79 bits per heavy atom. The molecule has 0 spiro atoms. The Kier molecular flexibility index (Phi) is 12.7. The lowest BCUT2D eigenvalue weighted by Gasteiger charge is -2.25. The van der Waals surface area contributed by atoms with Crippen molar-refractivity contribution in [2.45, 2.75) is 76.9 Å². The summed E-state index contributed by atoms with van der Waals surface area (Å²) in [5.74, 6) is -0.104. The molecule has 1 heterocycles. The Hall–Kier alpha value is -2.83. The Balaban J connectivity index is 1.74. The molecule has 33 heavy (non-hydrogen) atoms. The van der Waals surface area contributed by atoms with E-state index in [1.807, 2.05) is 30.3 Å². The first-order chi connectivity index (χ1) is 16.1. The van der Waals surface area contributed by atoms with Gasteiger partial charge < -0.3 is 20.3 Å². The molecule has 0 aromatic heterocycles. The minimum absolute atomic E-state index is 0.0380. The molecule has 0 saturated heterocycles. The van der Waals surface area contributed by atoms with Gasteiger partial charge >= 0.3 is 6.09 Å². The largest absolute Gasteiger partial charge is 0.445 e. The number of hydrogen-bond donors (Lipinski definition) is 2. The van der Waals surface area contributed by atoms with Crippen molar-refractivity contribution in [2.24, 2.45) is 0 Å². The predicted octanol–water partition coefficient (Wildman–Crippen LogP) is 4.33. The van der Waals surface area contributed by atoms with E-state index >= 15 is 0 Å². The van der Waals surface area contributed by atoms with Crippen LogP contribution in [0.1, 0.15) is 69.8 Å². The molecule has 1 aliphatic rings. The molecular weight excluding hydrogens is 418 g/mol. The highest BCUT2D eigenvalue weighted by Gasteiger charge is 2.23. The van der Waals surface area contributed by atoms with Crippen LogP contribution in [0.3, 0.4) is 0 Å². The zero-order valence-electron chi connectivity index (χ0n) is 19.9. The zero-order valence-corrected chi connectivity index (χ0v) is 19.9. The van der Waals surface area contributed by atoms with E-state index in [2.05, 4.69) is 22.8 Å². The molecule has 1 atom stereocenters. The van der Waals surface area contributed by atoms with Crippen LogP contribution in [0.15, 0.2) is 42.5 Å². The predicted molar refractivity (Wildman–Crippen MR) is 130 cm³/mol. The van der Waals surface area contributed by atoms with Gasteiger partial charge in [-0.05, 0) is 63.4 Å². The summed E-state index contributed by atoms with van der Waals surface area (Å²) < 4.78 is 5.20. The van der Waals surface area contributed by atoms with Gasteiger partial charge in [0, 0.05) is 26.6 Å². The van der Waals surface area contributed by atoms with Crippen LogP contribution in [0.5, 0.6) is 0 Å². The second kappa shape index (κ2) is 15.9. The number of ether oxygens (including phenoxy) is 1. The molecule has 2 N–H and O–H groups in total. The molecule has 0 unspecified atom stereocenters. The quantitative estimate of drug-likeness (QED) is 0.471. The number of allylic oxidation sites excluding steroid dienone is 2. The van der Waals surface area contributed by atoms with E-state index in [1.165, 1.54) is 0 Å². The number of unbranched alkanes of at least 4 members (excludes halogenated alkanes) is 1. The minimum atomic E-state index is -0.518. The van der Waals surface area contributed by atoms with Crippen molar-refractivity contribution in [2.75, 3.05) is 20.1 Å². The highest BCUT2D eigenvalue weighted by Crippen LogP contribution is 2.09. The fraction of sp³-hybridized carbons (Fsp3) is 0.577. The highest BCUT2D eigenvalue weighted by molar-refractivity contribution is 5.87. The molecule has 7 heteroatoms. The van der Waals surface area contributed by atoms with Gasteiger partial charge in [0.15, 0.2) is 0 Å². The van der Waals surface area contributed by atoms with E-state index in [1.54, 1.807) is 11.9 Å². The third-order valence-electron chi connectivity index (χ3n) is 5.72. The summed E-state index contributed by atoms with van der Waals surface area (Å²) in [6.07, 6.45) is 12.2.